The summed E-state index contributed by atoms with van der Waals surface area (Å²) in [5, 5.41) is 4.48. The first-order chi connectivity index (χ1) is 16.5. The number of piperidine rings is 1. The molecule has 1 atom stereocenters. The fourth-order valence-corrected chi connectivity index (χ4v) is 6.66. The van der Waals surface area contributed by atoms with E-state index in [9.17, 15) is 4.39 Å². The molecule has 34 heavy (non-hydrogen) atoms. The normalized spacial score (nSPS) is 24.4. The number of allylic oxidation sites excluding steroid dienone is 1. The van der Waals surface area contributed by atoms with Crippen LogP contribution in [0.1, 0.15) is 82.4 Å². The highest BCUT2D eigenvalue weighted by Crippen LogP contribution is 2.43. The number of hydrogen-bond donors (Lipinski definition) is 1. The molecule has 1 saturated carbocycles. The van der Waals surface area contributed by atoms with Gasteiger partial charge < -0.3 is 10.2 Å². The highest BCUT2D eigenvalue weighted by atomic mass is 32.1. The van der Waals surface area contributed by atoms with E-state index in [0.29, 0.717) is 11.5 Å². The third-order valence-corrected chi connectivity index (χ3v) is 9.32. The highest BCUT2D eigenvalue weighted by Gasteiger charge is 2.31. The number of hydrogen-bond acceptors (Lipinski definition) is 4. The largest absolute Gasteiger partial charge is 0.351 e. The number of anilines is 1. The number of rotatable bonds is 5. The first-order valence-corrected chi connectivity index (χ1v) is 13.9. The lowest BCUT2D eigenvalue weighted by Gasteiger charge is -2.38. The standard InChI is InChI=1S/C28H37FN4S/c1-3-28(2)13-16-33(17-14-28)27-32-25(20-8-7-9-22(29)18-20)26(34-27)21-12-15-30-24(19-21)31-23-10-5-4-6-11-23/h7-9,12,15,18,21,23H,3-6,10-11,13-14,16-17,19H2,1-2H3,(H,30,31). The average Bonchev–Trinajstić information content (AvgIpc) is 3.31. The topological polar surface area (TPSA) is 40.5 Å². The maximum Gasteiger partial charge on any atom is 0.186 e. The van der Waals surface area contributed by atoms with Crippen LogP contribution in [0.5, 0.6) is 0 Å². The maximum atomic E-state index is 14.2. The van der Waals surface area contributed by atoms with Crippen molar-refractivity contribution in [3.63, 3.8) is 0 Å². The molecule has 182 valence electrons. The molecular formula is C28H37FN4S. The molecule has 3 heterocycles. The van der Waals surface area contributed by atoms with E-state index in [0.717, 1.165) is 41.7 Å². The van der Waals surface area contributed by atoms with Crippen LogP contribution < -0.4 is 10.2 Å². The van der Waals surface area contributed by atoms with Crippen molar-refractivity contribution in [2.75, 3.05) is 18.0 Å². The summed E-state index contributed by atoms with van der Waals surface area (Å²) in [6.45, 7) is 6.78. The first kappa shape index (κ1) is 23.5. The Morgan fingerprint density at radius 2 is 2.00 bits per heavy atom. The van der Waals surface area contributed by atoms with Crippen molar-refractivity contribution < 1.29 is 4.39 Å². The van der Waals surface area contributed by atoms with Gasteiger partial charge in [-0.1, -0.05) is 57.7 Å². The van der Waals surface area contributed by atoms with Crippen molar-refractivity contribution in [2.24, 2.45) is 10.4 Å². The van der Waals surface area contributed by atoms with E-state index in [-0.39, 0.29) is 11.7 Å². The van der Waals surface area contributed by atoms with Gasteiger partial charge in [0.2, 0.25) is 0 Å². The van der Waals surface area contributed by atoms with Crippen molar-refractivity contribution in [3.8, 4) is 11.3 Å². The highest BCUT2D eigenvalue weighted by molar-refractivity contribution is 7.16. The number of nitrogens with one attached hydrogen (secondary N) is 1. The third-order valence-electron chi connectivity index (χ3n) is 8.08. The Bertz CT molecular complexity index is 1040. The summed E-state index contributed by atoms with van der Waals surface area (Å²) in [7, 11) is 0. The second kappa shape index (κ2) is 10.2. The molecular weight excluding hydrogens is 443 g/mol. The van der Waals surface area contributed by atoms with Crippen molar-refractivity contribution in [1.82, 2.24) is 10.3 Å². The second-order valence-corrected chi connectivity index (χ2v) is 11.6. The number of amidine groups is 1. The van der Waals surface area contributed by atoms with Gasteiger partial charge in [-0.3, -0.25) is 4.99 Å². The van der Waals surface area contributed by atoms with E-state index in [1.165, 1.54) is 62.3 Å². The number of nitrogens with zero attached hydrogens (tertiary/aromatic N) is 3. The van der Waals surface area contributed by atoms with Crippen LogP contribution in [0.15, 0.2) is 41.5 Å². The molecule has 1 unspecified atom stereocenters. The molecule has 0 bridgehead atoms. The minimum absolute atomic E-state index is 0.207. The van der Waals surface area contributed by atoms with Gasteiger partial charge in [0.1, 0.15) is 11.7 Å². The first-order valence-electron chi connectivity index (χ1n) is 13.0. The molecule has 1 saturated heterocycles. The molecule has 5 rings (SSSR count). The monoisotopic (exact) mass is 480 g/mol. The van der Waals surface area contributed by atoms with Gasteiger partial charge in [0, 0.05) is 35.9 Å². The van der Waals surface area contributed by atoms with Gasteiger partial charge in [0.15, 0.2) is 5.13 Å². The second-order valence-electron chi connectivity index (χ2n) is 10.6. The van der Waals surface area contributed by atoms with Crippen molar-refractivity contribution >= 4 is 22.3 Å². The van der Waals surface area contributed by atoms with Crippen LogP contribution >= 0.6 is 11.3 Å². The van der Waals surface area contributed by atoms with E-state index in [1.54, 1.807) is 23.5 Å². The lowest BCUT2D eigenvalue weighted by Crippen LogP contribution is -2.38. The van der Waals surface area contributed by atoms with E-state index in [4.69, 9.17) is 9.98 Å². The van der Waals surface area contributed by atoms with Crippen LogP contribution in [-0.4, -0.2) is 30.0 Å². The Balaban J connectivity index is 1.44. The summed E-state index contributed by atoms with van der Waals surface area (Å²) in [5.41, 5.74) is 2.23. The zero-order valence-corrected chi connectivity index (χ0v) is 21.3. The maximum absolute atomic E-state index is 14.2. The molecule has 1 aromatic heterocycles. The van der Waals surface area contributed by atoms with Gasteiger partial charge in [-0.25, -0.2) is 9.37 Å². The van der Waals surface area contributed by atoms with Crippen molar-refractivity contribution in [3.05, 3.63) is 47.2 Å². The lowest BCUT2D eigenvalue weighted by molar-refractivity contribution is 0.238. The number of aliphatic imine (C=N–C) groups is 1. The zero-order valence-electron chi connectivity index (χ0n) is 20.5. The Labute approximate surface area is 207 Å². The Hall–Kier alpha value is -2.21. The Kier molecular flexibility index (Phi) is 7.05. The van der Waals surface area contributed by atoms with Crippen LogP contribution in [0, 0.1) is 11.2 Å². The quantitative estimate of drug-likeness (QED) is 0.488. The number of benzene rings is 1. The van der Waals surface area contributed by atoms with Crippen molar-refractivity contribution in [2.45, 2.75) is 83.6 Å². The Morgan fingerprint density at radius 1 is 1.21 bits per heavy atom. The molecule has 3 aliphatic rings. The van der Waals surface area contributed by atoms with E-state index in [2.05, 4.69) is 30.1 Å². The summed E-state index contributed by atoms with van der Waals surface area (Å²) < 4.78 is 14.2. The van der Waals surface area contributed by atoms with Crippen LogP contribution in [0.25, 0.3) is 11.3 Å². The molecule has 6 heteroatoms. The molecule has 1 N–H and O–H groups in total. The third kappa shape index (κ3) is 5.22. The van der Waals surface area contributed by atoms with Gasteiger partial charge in [-0.2, -0.15) is 0 Å². The summed E-state index contributed by atoms with van der Waals surface area (Å²) >= 11 is 1.79. The SMILES string of the molecule is CCC1(C)CCN(c2nc(-c3cccc(F)c3)c(C3C=CNC(=NC4CCCCC4)C3)s2)CC1. The number of aromatic nitrogens is 1. The zero-order chi connectivity index (χ0) is 23.5. The van der Waals surface area contributed by atoms with E-state index < -0.39 is 0 Å². The number of thiazole rings is 1. The molecule has 1 aromatic carbocycles. The predicted molar refractivity (Wildman–Crippen MR) is 141 cm³/mol. The Morgan fingerprint density at radius 3 is 2.74 bits per heavy atom. The molecule has 0 radical (unpaired) electrons. The lowest BCUT2D eigenvalue weighted by atomic mass is 9.78. The molecule has 2 aliphatic heterocycles. The van der Waals surface area contributed by atoms with E-state index >= 15 is 0 Å². The molecule has 0 spiro atoms. The summed E-state index contributed by atoms with van der Waals surface area (Å²) in [4.78, 5) is 13.9. The van der Waals surface area contributed by atoms with Gasteiger partial charge in [0.05, 0.1) is 11.7 Å². The van der Waals surface area contributed by atoms with Gasteiger partial charge in [-0.05, 0) is 49.4 Å². The van der Waals surface area contributed by atoms with Crippen LogP contribution in [0.3, 0.4) is 0 Å². The molecule has 0 amide bonds. The van der Waals surface area contributed by atoms with Crippen LogP contribution in [-0.2, 0) is 0 Å². The van der Waals surface area contributed by atoms with E-state index in [1.807, 2.05) is 12.3 Å². The van der Waals surface area contributed by atoms with Crippen molar-refractivity contribution in [1.29, 1.82) is 0 Å². The minimum Gasteiger partial charge on any atom is -0.351 e. The minimum atomic E-state index is -0.213. The summed E-state index contributed by atoms with van der Waals surface area (Å²) in [6, 6.07) is 7.34. The molecule has 1 aliphatic carbocycles. The van der Waals surface area contributed by atoms with Gasteiger partial charge in [0.25, 0.3) is 0 Å². The average molecular weight is 481 g/mol. The fraction of sp³-hybridized carbons (Fsp3) is 0.571. The summed E-state index contributed by atoms with van der Waals surface area (Å²) in [6.07, 6.45) is 15.0. The van der Waals surface area contributed by atoms with Crippen LogP contribution in [0.2, 0.25) is 0 Å². The number of halogens is 1. The molecule has 2 fully saturated rings. The predicted octanol–water partition coefficient (Wildman–Crippen LogP) is 7.29. The summed E-state index contributed by atoms with van der Waals surface area (Å²) in [5.74, 6) is 1.07. The fourth-order valence-electron chi connectivity index (χ4n) is 5.44. The van der Waals surface area contributed by atoms with Gasteiger partial charge >= 0.3 is 0 Å². The molecule has 2 aromatic rings. The smallest absolute Gasteiger partial charge is 0.186 e. The van der Waals surface area contributed by atoms with Crippen LogP contribution in [0.4, 0.5) is 9.52 Å². The van der Waals surface area contributed by atoms with Gasteiger partial charge in [-0.15, -0.1) is 11.3 Å². The molecule has 4 nitrogen and oxygen atoms in total.